The maximum Gasteiger partial charge on any atom is 0.323 e. The molecule has 0 radical (unpaired) electrons. The maximum atomic E-state index is 13.4. The van der Waals surface area contributed by atoms with Crippen LogP contribution in [0.25, 0.3) is 22.7 Å². The van der Waals surface area contributed by atoms with Crippen molar-refractivity contribution in [1.29, 1.82) is 0 Å². The molecule has 238 valence electrons. The number of hydrogen-bond donors (Lipinski definition) is 3. The fourth-order valence-corrected chi connectivity index (χ4v) is 5.20. The van der Waals surface area contributed by atoms with Gasteiger partial charge < -0.3 is 34.9 Å². The Morgan fingerprint density at radius 3 is 2.37 bits per heavy atom. The standard InChI is InChI=1S/C33H34ClFN8O3/c1-21-36-30(38-23-6-8-24(9-7-23)39-33(44)40-25-10-13-28(35)27(34)20-25)29-32(37-21)46-31(41-29)22-4-11-26(12-5-22)45-19-3-14-43-17-15-42(2)16-18-43/h4-13,20H,3,14-19H2,1-2H3,(H,36,37,38)(H2,39,40,44). The third-order valence-corrected chi connectivity index (χ3v) is 7.83. The van der Waals surface area contributed by atoms with Gasteiger partial charge in [0.25, 0.3) is 5.71 Å². The Morgan fingerprint density at radius 1 is 0.935 bits per heavy atom. The number of likely N-dealkylation sites (N-methyl/N-ethyl adjacent to an activating group) is 1. The highest BCUT2D eigenvalue weighted by Crippen LogP contribution is 2.30. The molecule has 1 fully saturated rings. The summed E-state index contributed by atoms with van der Waals surface area (Å²) in [6, 6.07) is 18.2. The number of fused-ring (bicyclic) bond motifs is 1. The SMILES string of the molecule is Cc1nc(Nc2ccc(NC(=O)Nc3ccc(F)c(Cl)c3)cc2)c2nc(-c3ccc(OCCCN4CCN(C)CC4)cc3)oc2n1. The number of carbonyl (C=O) groups is 1. The van der Waals surface area contributed by atoms with Gasteiger partial charge in [-0.05, 0) is 87.1 Å². The van der Waals surface area contributed by atoms with Crippen LogP contribution in [0.1, 0.15) is 12.2 Å². The molecule has 1 aliphatic rings. The highest BCUT2D eigenvalue weighted by molar-refractivity contribution is 6.31. The summed E-state index contributed by atoms with van der Waals surface area (Å²) in [5.41, 5.74) is 3.28. The molecule has 1 aliphatic heterocycles. The van der Waals surface area contributed by atoms with Crippen molar-refractivity contribution >= 4 is 51.7 Å². The van der Waals surface area contributed by atoms with Crippen LogP contribution < -0.4 is 20.7 Å². The van der Waals surface area contributed by atoms with Crippen LogP contribution in [0.2, 0.25) is 5.02 Å². The minimum absolute atomic E-state index is 0.0769. The Morgan fingerprint density at radius 2 is 1.63 bits per heavy atom. The van der Waals surface area contributed by atoms with Gasteiger partial charge in [0.2, 0.25) is 5.89 Å². The van der Waals surface area contributed by atoms with E-state index in [1.165, 1.54) is 18.2 Å². The molecule has 2 amide bonds. The van der Waals surface area contributed by atoms with Gasteiger partial charge in [0.1, 0.15) is 17.4 Å². The molecular weight excluding hydrogens is 611 g/mol. The highest BCUT2D eigenvalue weighted by Gasteiger charge is 2.17. The predicted molar refractivity (Wildman–Crippen MR) is 178 cm³/mol. The van der Waals surface area contributed by atoms with Crippen LogP contribution in [0, 0.1) is 12.7 Å². The van der Waals surface area contributed by atoms with Gasteiger partial charge >= 0.3 is 6.03 Å². The van der Waals surface area contributed by atoms with Gasteiger partial charge in [-0.2, -0.15) is 4.98 Å². The normalized spacial score (nSPS) is 13.9. The van der Waals surface area contributed by atoms with Crippen LogP contribution >= 0.6 is 11.6 Å². The van der Waals surface area contributed by atoms with Crippen molar-refractivity contribution in [2.75, 3.05) is 62.3 Å². The van der Waals surface area contributed by atoms with Crippen molar-refractivity contribution in [2.24, 2.45) is 0 Å². The number of ether oxygens (including phenoxy) is 1. The van der Waals surface area contributed by atoms with Gasteiger partial charge in [0.05, 0.1) is 11.6 Å². The molecule has 6 rings (SSSR count). The van der Waals surface area contributed by atoms with E-state index in [2.05, 4.69) is 47.7 Å². The van der Waals surface area contributed by atoms with Gasteiger partial charge in [-0.15, -0.1) is 0 Å². The molecular formula is C33H34ClFN8O3. The fourth-order valence-electron chi connectivity index (χ4n) is 5.02. The quantitative estimate of drug-likeness (QED) is 0.141. The lowest BCUT2D eigenvalue weighted by Gasteiger charge is -2.32. The molecule has 3 heterocycles. The van der Waals surface area contributed by atoms with E-state index in [1.807, 2.05) is 24.3 Å². The number of carbonyl (C=O) groups excluding carboxylic acids is 1. The number of anilines is 4. The third-order valence-electron chi connectivity index (χ3n) is 7.54. The van der Waals surface area contributed by atoms with E-state index in [0.717, 1.165) is 50.5 Å². The van der Waals surface area contributed by atoms with E-state index in [9.17, 15) is 9.18 Å². The second-order valence-corrected chi connectivity index (χ2v) is 11.5. The lowest BCUT2D eigenvalue weighted by molar-refractivity contribution is 0.145. The van der Waals surface area contributed by atoms with E-state index < -0.39 is 11.8 Å². The van der Waals surface area contributed by atoms with Gasteiger partial charge in [0, 0.05) is 55.3 Å². The highest BCUT2D eigenvalue weighted by atomic mass is 35.5. The summed E-state index contributed by atoms with van der Waals surface area (Å²) in [6.45, 7) is 7.93. The van der Waals surface area contributed by atoms with E-state index in [0.29, 0.717) is 52.4 Å². The van der Waals surface area contributed by atoms with Crippen molar-refractivity contribution in [2.45, 2.75) is 13.3 Å². The molecule has 0 unspecified atom stereocenters. The lowest BCUT2D eigenvalue weighted by atomic mass is 10.2. The number of nitrogens with zero attached hydrogens (tertiary/aromatic N) is 5. The number of aryl methyl sites for hydroxylation is 1. The van der Waals surface area contributed by atoms with Crippen LogP contribution in [0.3, 0.4) is 0 Å². The minimum atomic E-state index is -0.559. The van der Waals surface area contributed by atoms with Crippen molar-refractivity contribution in [3.05, 3.63) is 83.4 Å². The van der Waals surface area contributed by atoms with E-state index >= 15 is 0 Å². The van der Waals surface area contributed by atoms with E-state index in [-0.39, 0.29) is 5.02 Å². The first-order valence-corrected chi connectivity index (χ1v) is 15.4. The molecule has 46 heavy (non-hydrogen) atoms. The van der Waals surface area contributed by atoms with Gasteiger partial charge in [-0.3, -0.25) is 0 Å². The Balaban J connectivity index is 1.06. The molecule has 11 nitrogen and oxygen atoms in total. The molecule has 5 aromatic rings. The van der Waals surface area contributed by atoms with Crippen molar-refractivity contribution in [3.8, 4) is 17.2 Å². The Hall–Kier alpha value is -4.78. The van der Waals surface area contributed by atoms with Crippen LogP contribution in [0.5, 0.6) is 5.75 Å². The van der Waals surface area contributed by atoms with E-state index in [4.69, 9.17) is 20.8 Å². The fraction of sp³-hybridized carbons (Fsp3) is 0.273. The summed E-state index contributed by atoms with van der Waals surface area (Å²) in [6.07, 6.45) is 0.978. The van der Waals surface area contributed by atoms with Gasteiger partial charge in [0.15, 0.2) is 11.3 Å². The number of hydrogen-bond acceptors (Lipinski definition) is 9. The van der Waals surface area contributed by atoms with Gasteiger partial charge in [-0.1, -0.05) is 11.6 Å². The molecule has 0 spiro atoms. The number of benzene rings is 3. The molecule has 0 saturated carbocycles. The first kappa shape index (κ1) is 31.2. The second-order valence-electron chi connectivity index (χ2n) is 11.1. The Bertz CT molecular complexity index is 1810. The van der Waals surface area contributed by atoms with Crippen LogP contribution in [-0.2, 0) is 0 Å². The number of urea groups is 1. The zero-order chi connectivity index (χ0) is 32.0. The molecule has 0 aliphatic carbocycles. The largest absolute Gasteiger partial charge is 0.494 e. The number of rotatable bonds is 10. The predicted octanol–water partition coefficient (Wildman–Crippen LogP) is 6.79. The maximum absolute atomic E-state index is 13.4. The van der Waals surface area contributed by atoms with Crippen molar-refractivity contribution in [3.63, 3.8) is 0 Å². The zero-order valence-corrected chi connectivity index (χ0v) is 26.3. The van der Waals surface area contributed by atoms with Crippen LogP contribution in [0.4, 0.5) is 32.1 Å². The molecule has 13 heteroatoms. The number of piperazine rings is 1. The Labute approximate surface area is 270 Å². The van der Waals surface area contributed by atoms with Crippen molar-refractivity contribution in [1.82, 2.24) is 24.8 Å². The van der Waals surface area contributed by atoms with E-state index in [1.54, 1.807) is 31.2 Å². The Kier molecular flexibility index (Phi) is 9.57. The summed E-state index contributed by atoms with van der Waals surface area (Å²) in [5, 5.41) is 8.54. The number of aromatic nitrogens is 3. The smallest absolute Gasteiger partial charge is 0.323 e. The molecule has 3 N–H and O–H groups in total. The summed E-state index contributed by atoms with van der Waals surface area (Å²) in [7, 11) is 2.16. The number of amides is 2. The molecule has 0 atom stereocenters. The van der Waals surface area contributed by atoms with Crippen LogP contribution in [0.15, 0.2) is 71.1 Å². The summed E-state index contributed by atoms with van der Waals surface area (Å²) >= 11 is 5.79. The monoisotopic (exact) mass is 644 g/mol. The second kappa shape index (κ2) is 14.1. The van der Waals surface area contributed by atoms with Crippen LogP contribution in [-0.4, -0.2) is 77.2 Å². The lowest BCUT2D eigenvalue weighted by Crippen LogP contribution is -2.44. The number of oxazole rings is 1. The summed E-state index contributed by atoms with van der Waals surface area (Å²) in [4.78, 5) is 30.9. The van der Waals surface area contributed by atoms with Gasteiger partial charge in [-0.25, -0.2) is 19.2 Å². The third kappa shape index (κ3) is 7.89. The molecule has 1 saturated heterocycles. The minimum Gasteiger partial charge on any atom is -0.494 e. The first-order valence-electron chi connectivity index (χ1n) is 15.0. The molecule has 0 bridgehead atoms. The molecule has 2 aromatic heterocycles. The van der Waals surface area contributed by atoms with Crippen molar-refractivity contribution < 1.29 is 18.3 Å². The summed E-state index contributed by atoms with van der Waals surface area (Å²) in [5.74, 6) is 1.67. The number of halogens is 2. The average molecular weight is 645 g/mol. The zero-order valence-electron chi connectivity index (χ0n) is 25.5. The molecule has 3 aromatic carbocycles. The topological polar surface area (TPSA) is 121 Å². The average Bonchev–Trinajstić information content (AvgIpc) is 3.47. The first-order chi connectivity index (χ1) is 22.3. The number of nitrogens with one attached hydrogen (secondary N) is 3. The summed E-state index contributed by atoms with van der Waals surface area (Å²) < 4.78 is 25.4.